The molecule has 0 saturated heterocycles. The van der Waals surface area contributed by atoms with E-state index >= 15 is 0 Å². The molecule has 3 rings (SSSR count). The van der Waals surface area contributed by atoms with E-state index in [9.17, 15) is 13.2 Å². The van der Waals surface area contributed by atoms with Crippen LogP contribution >= 0.6 is 0 Å². The first-order valence-corrected chi connectivity index (χ1v) is 11.8. The largest absolute Gasteiger partial charge is 0.467 e. The molecule has 7 heteroatoms. The van der Waals surface area contributed by atoms with E-state index in [0.717, 1.165) is 5.56 Å². The van der Waals surface area contributed by atoms with Crippen LogP contribution in [0.5, 0.6) is 0 Å². The molecular weight excluding hydrogens is 412 g/mol. The van der Waals surface area contributed by atoms with Gasteiger partial charge in [0.15, 0.2) is 0 Å². The second-order valence-electron chi connectivity index (χ2n) is 7.30. The van der Waals surface area contributed by atoms with Crippen LogP contribution in [0, 0.1) is 6.92 Å². The molecular formula is C24H28N2O4S. The van der Waals surface area contributed by atoms with Crippen molar-refractivity contribution in [1.29, 1.82) is 0 Å². The van der Waals surface area contributed by atoms with Crippen LogP contribution in [0.2, 0.25) is 0 Å². The second kappa shape index (κ2) is 9.94. The molecule has 1 aromatic heterocycles. The van der Waals surface area contributed by atoms with Crippen molar-refractivity contribution in [2.75, 3.05) is 13.1 Å². The highest BCUT2D eigenvalue weighted by molar-refractivity contribution is 7.89. The van der Waals surface area contributed by atoms with Gasteiger partial charge in [0.2, 0.25) is 10.0 Å². The molecule has 0 radical (unpaired) electrons. The number of nitrogens with zero attached hydrogens (tertiary/aromatic N) is 2. The molecule has 164 valence electrons. The Kier molecular flexibility index (Phi) is 7.30. The first-order chi connectivity index (χ1) is 14.9. The second-order valence-corrected chi connectivity index (χ2v) is 9.20. The van der Waals surface area contributed by atoms with Crippen molar-refractivity contribution in [3.05, 3.63) is 89.4 Å². The SMILES string of the molecule is CCN(CC)S(=O)(=O)c1cc(C(=O)N(Cc2ccccc2)Cc2ccco2)ccc1C. The van der Waals surface area contributed by atoms with Crippen LogP contribution in [-0.2, 0) is 23.1 Å². The molecule has 0 aliphatic rings. The fraction of sp³-hybridized carbons (Fsp3) is 0.292. The van der Waals surface area contributed by atoms with Crippen LogP contribution in [-0.4, -0.2) is 36.6 Å². The lowest BCUT2D eigenvalue weighted by Gasteiger charge is -2.23. The maximum absolute atomic E-state index is 13.5. The smallest absolute Gasteiger partial charge is 0.254 e. The van der Waals surface area contributed by atoms with Crippen LogP contribution in [0.1, 0.15) is 41.1 Å². The summed E-state index contributed by atoms with van der Waals surface area (Å²) in [4.78, 5) is 15.3. The van der Waals surface area contributed by atoms with E-state index in [1.54, 1.807) is 50.1 Å². The molecule has 0 fully saturated rings. The lowest BCUT2D eigenvalue weighted by atomic mass is 10.1. The summed E-state index contributed by atoms with van der Waals surface area (Å²) >= 11 is 0. The minimum Gasteiger partial charge on any atom is -0.467 e. The molecule has 0 aliphatic carbocycles. The normalized spacial score (nSPS) is 11.6. The maximum Gasteiger partial charge on any atom is 0.254 e. The zero-order valence-corrected chi connectivity index (χ0v) is 18.9. The monoisotopic (exact) mass is 440 g/mol. The Morgan fingerprint density at radius 2 is 1.65 bits per heavy atom. The Hall–Kier alpha value is -2.90. The number of carbonyl (C=O) groups excluding carboxylic acids is 1. The van der Waals surface area contributed by atoms with E-state index in [1.165, 1.54) is 10.4 Å². The van der Waals surface area contributed by atoms with Crippen LogP contribution in [0.15, 0.2) is 76.2 Å². The number of carbonyl (C=O) groups is 1. The van der Waals surface area contributed by atoms with Gasteiger partial charge < -0.3 is 9.32 Å². The van der Waals surface area contributed by atoms with E-state index in [1.807, 2.05) is 36.4 Å². The number of rotatable bonds is 9. The van der Waals surface area contributed by atoms with E-state index in [-0.39, 0.29) is 17.3 Å². The van der Waals surface area contributed by atoms with E-state index in [2.05, 4.69) is 0 Å². The number of benzene rings is 2. The van der Waals surface area contributed by atoms with Gasteiger partial charge in [0, 0.05) is 25.2 Å². The zero-order valence-electron chi connectivity index (χ0n) is 18.1. The highest BCUT2D eigenvalue weighted by atomic mass is 32.2. The van der Waals surface area contributed by atoms with Gasteiger partial charge in [0.05, 0.1) is 17.7 Å². The van der Waals surface area contributed by atoms with Crippen molar-refractivity contribution in [3.63, 3.8) is 0 Å². The molecule has 2 aromatic carbocycles. The van der Waals surface area contributed by atoms with Gasteiger partial charge in [0.25, 0.3) is 5.91 Å². The predicted octanol–water partition coefficient (Wildman–Crippen LogP) is 4.46. The quantitative estimate of drug-likeness (QED) is 0.492. The van der Waals surface area contributed by atoms with Crippen molar-refractivity contribution in [2.24, 2.45) is 0 Å². The summed E-state index contributed by atoms with van der Waals surface area (Å²) in [5.41, 5.74) is 1.92. The van der Waals surface area contributed by atoms with Gasteiger partial charge in [-0.05, 0) is 42.3 Å². The lowest BCUT2D eigenvalue weighted by molar-refractivity contribution is 0.0717. The van der Waals surface area contributed by atoms with Crippen molar-refractivity contribution in [1.82, 2.24) is 9.21 Å². The van der Waals surface area contributed by atoms with Crippen molar-refractivity contribution >= 4 is 15.9 Å². The van der Waals surface area contributed by atoms with E-state index in [4.69, 9.17) is 4.42 Å². The highest BCUT2D eigenvalue weighted by Crippen LogP contribution is 2.23. The Bertz CT molecular complexity index is 1110. The first-order valence-electron chi connectivity index (χ1n) is 10.3. The molecule has 0 saturated carbocycles. The fourth-order valence-corrected chi connectivity index (χ4v) is 5.20. The highest BCUT2D eigenvalue weighted by Gasteiger charge is 2.26. The number of aryl methyl sites for hydroxylation is 1. The Balaban J connectivity index is 1.97. The Morgan fingerprint density at radius 3 is 2.26 bits per heavy atom. The topological polar surface area (TPSA) is 70.8 Å². The molecule has 0 bridgehead atoms. The van der Waals surface area contributed by atoms with Crippen LogP contribution < -0.4 is 0 Å². The molecule has 6 nitrogen and oxygen atoms in total. The van der Waals surface area contributed by atoms with Gasteiger partial charge in [0.1, 0.15) is 5.76 Å². The van der Waals surface area contributed by atoms with Gasteiger partial charge in [-0.15, -0.1) is 0 Å². The van der Waals surface area contributed by atoms with E-state index in [0.29, 0.717) is 36.5 Å². The average molecular weight is 441 g/mol. The third-order valence-corrected chi connectivity index (χ3v) is 7.38. The van der Waals surface area contributed by atoms with Gasteiger partial charge in [-0.2, -0.15) is 4.31 Å². The molecule has 0 aliphatic heterocycles. The molecule has 0 spiro atoms. The average Bonchev–Trinajstić information content (AvgIpc) is 3.27. The summed E-state index contributed by atoms with van der Waals surface area (Å²) in [7, 11) is -3.68. The summed E-state index contributed by atoms with van der Waals surface area (Å²) in [5, 5.41) is 0. The summed E-state index contributed by atoms with van der Waals surface area (Å²) in [6.07, 6.45) is 1.57. The van der Waals surface area contributed by atoms with Gasteiger partial charge in [-0.3, -0.25) is 4.79 Å². The first kappa shape index (κ1) is 22.8. The van der Waals surface area contributed by atoms with Crippen LogP contribution in [0.4, 0.5) is 0 Å². The number of hydrogen-bond donors (Lipinski definition) is 0. The zero-order chi connectivity index (χ0) is 22.4. The standard InChI is InChI=1S/C24H28N2O4S/c1-4-26(5-2)31(28,29)23-16-21(14-13-19(23)3)24(27)25(18-22-12-9-15-30-22)17-20-10-7-6-8-11-20/h6-16H,4-5,17-18H2,1-3H3. The van der Waals surface area contributed by atoms with Crippen LogP contribution in [0.25, 0.3) is 0 Å². The molecule has 0 unspecified atom stereocenters. The summed E-state index contributed by atoms with van der Waals surface area (Å²) < 4.78 is 33.0. The molecule has 0 atom stereocenters. The number of hydrogen-bond acceptors (Lipinski definition) is 4. The molecule has 1 amide bonds. The van der Waals surface area contributed by atoms with Crippen molar-refractivity contribution in [2.45, 2.75) is 38.8 Å². The molecule has 3 aromatic rings. The van der Waals surface area contributed by atoms with Gasteiger partial charge >= 0.3 is 0 Å². The summed E-state index contributed by atoms with van der Waals surface area (Å²) in [6.45, 7) is 6.76. The molecule has 1 heterocycles. The number of sulfonamides is 1. The fourth-order valence-electron chi connectivity index (χ4n) is 3.49. The van der Waals surface area contributed by atoms with Crippen molar-refractivity contribution in [3.8, 4) is 0 Å². The Labute approximate surface area is 184 Å². The minimum absolute atomic E-state index is 0.166. The van der Waals surface area contributed by atoms with Gasteiger partial charge in [-0.1, -0.05) is 50.2 Å². The number of amides is 1. The van der Waals surface area contributed by atoms with Crippen molar-refractivity contribution < 1.29 is 17.6 Å². The predicted molar refractivity (Wildman–Crippen MR) is 120 cm³/mol. The van der Waals surface area contributed by atoms with Gasteiger partial charge in [-0.25, -0.2) is 8.42 Å². The Morgan fingerprint density at radius 1 is 0.935 bits per heavy atom. The third-order valence-electron chi connectivity index (χ3n) is 5.19. The molecule has 0 N–H and O–H groups in total. The molecule has 31 heavy (non-hydrogen) atoms. The van der Waals surface area contributed by atoms with Crippen LogP contribution in [0.3, 0.4) is 0 Å². The maximum atomic E-state index is 13.5. The summed E-state index contributed by atoms with van der Waals surface area (Å²) in [6, 6.07) is 18.1. The minimum atomic E-state index is -3.68. The summed E-state index contributed by atoms with van der Waals surface area (Å²) in [5.74, 6) is 0.406. The third kappa shape index (κ3) is 5.24. The van der Waals surface area contributed by atoms with E-state index < -0.39 is 10.0 Å². The number of furan rings is 1. The lowest BCUT2D eigenvalue weighted by Crippen LogP contribution is -2.32.